The molecule has 0 bridgehead atoms. The fraction of sp³-hybridized carbons (Fsp3) is 0.158. The van der Waals surface area contributed by atoms with Crippen molar-refractivity contribution in [2.24, 2.45) is 0 Å². The number of hydrogen-bond donors (Lipinski definition) is 2. The first-order valence-corrected chi connectivity index (χ1v) is 8.69. The second-order valence-corrected chi connectivity index (χ2v) is 6.81. The van der Waals surface area contributed by atoms with Gasteiger partial charge in [-0.15, -0.1) is 0 Å². The summed E-state index contributed by atoms with van der Waals surface area (Å²) in [6.07, 6.45) is 1.39. The van der Waals surface area contributed by atoms with Gasteiger partial charge in [-0.05, 0) is 61.7 Å². The molecule has 1 heterocycles. The van der Waals surface area contributed by atoms with Crippen molar-refractivity contribution in [1.82, 2.24) is 9.97 Å². The number of nitrogen functional groups attached to an aromatic ring is 1. The van der Waals surface area contributed by atoms with E-state index in [1.54, 1.807) is 0 Å². The first-order chi connectivity index (χ1) is 12.3. The van der Waals surface area contributed by atoms with E-state index in [9.17, 15) is 0 Å². The monoisotopic (exact) mass is 388 g/mol. The number of nitrogens with two attached hydrogens (primary N) is 1. The third-order valence-electron chi connectivity index (χ3n) is 3.92. The molecular weight excluding hydrogens is 371 g/mol. The highest BCUT2D eigenvalue weighted by Gasteiger charge is 2.13. The third-order valence-corrected chi connectivity index (χ3v) is 4.76. The van der Waals surface area contributed by atoms with E-state index in [2.05, 4.69) is 15.3 Å². The van der Waals surface area contributed by atoms with E-state index < -0.39 is 0 Å². The Kier molecular flexibility index (Phi) is 5.20. The molecule has 26 heavy (non-hydrogen) atoms. The molecule has 0 amide bonds. The number of rotatable bonds is 4. The summed E-state index contributed by atoms with van der Waals surface area (Å²) in [6, 6.07) is 9.23. The van der Waals surface area contributed by atoms with Crippen molar-refractivity contribution in [3.8, 4) is 11.6 Å². The summed E-state index contributed by atoms with van der Waals surface area (Å²) in [5, 5.41) is 4.51. The number of ether oxygens (including phenoxy) is 1. The number of nitrogens with one attached hydrogen (secondary N) is 1. The molecule has 134 valence electrons. The Bertz CT molecular complexity index is 953. The van der Waals surface area contributed by atoms with Crippen LogP contribution in [0.5, 0.6) is 11.6 Å². The van der Waals surface area contributed by atoms with E-state index in [0.29, 0.717) is 27.3 Å². The van der Waals surface area contributed by atoms with Crippen LogP contribution in [0, 0.1) is 20.8 Å². The van der Waals surface area contributed by atoms with Crippen LogP contribution in [0.2, 0.25) is 10.0 Å². The Balaban J connectivity index is 1.91. The van der Waals surface area contributed by atoms with Gasteiger partial charge in [-0.1, -0.05) is 29.3 Å². The zero-order valence-electron chi connectivity index (χ0n) is 14.6. The summed E-state index contributed by atoms with van der Waals surface area (Å²) in [4.78, 5) is 8.34. The van der Waals surface area contributed by atoms with E-state index in [0.717, 1.165) is 22.4 Å². The summed E-state index contributed by atoms with van der Waals surface area (Å²) >= 11 is 12.3. The van der Waals surface area contributed by atoms with Crippen molar-refractivity contribution >= 4 is 40.4 Å². The molecule has 3 rings (SSSR count). The Labute approximate surface area is 162 Å². The van der Waals surface area contributed by atoms with Crippen LogP contribution in [-0.2, 0) is 0 Å². The van der Waals surface area contributed by atoms with Gasteiger partial charge in [0.05, 0.1) is 0 Å². The van der Waals surface area contributed by atoms with Crippen molar-refractivity contribution in [3.05, 3.63) is 63.4 Å². The third kappa shape index (κ3) is 3.84. The van der Waals surface area contributed by atoms with E-state index in [1.807, 2.05) is 51.1 Å². The molecular formula is C19H18Cl2N4O. The van der Waals surface area contributed by atoms with Crippen molar-refractivity contribution in [2.45, 2.75) is 20.8 Å². The molecule has 7 heteroatoms. The minimum atomic E-state index is 0.267. The summed E-state index contributed by atoms with van der Waals surface area (Å²) < 4.78 is 5.86. The summed E-state index contributed by atoms with van der Waals surface area (Å²) in [5.74, 6) is 1.32. The lowest BCUT2D eigenvalue weighted by atomic mass is 10.1. The molecule has 0 fully saturated rings. The molecule has 3 aromatic rings. The van der Waals surface area contributed by atoms with Crippen molar-refractivity contribution < 1.29 is 4.74 Å². The Hall–Kier alpha value is -2.50. The van der Waals surface area contributed by atoms with E-state index in [-0.39, 0.29) is 5.88 Å². The highest BCUT2D eigenvalue weighted by molar-refractivity contribution is 6.32. The van der Waals surface area contributed by atoms with Gasteiger partial charge in [0.2, 0.25) is 5.88 Å². The number of halogens is 2. The quantitative estimate of drug-likeness (QED) is 0.588. The molecule has 2 aromatic carbocycles. The van der Waals surface area contributed by atoms with Crippen LogP contribution in [0.15, 0.2) is 36.7 Å². The largest absolute Gasteiger partial charge is 0.437 e. The molecule has 0 aliphatic rings. The summed E-state index contributed by atoms with van der Waals surface area (Å²) in [7, 11) is 0. The molecule has 0 saturated heterocycles. The van der Waals surface area contributed by atoms with E-state index >= 15 is 0 Å². The van der Waals surface area contributed by atoms with Gasteiger partial charge in [-0.25, -0.2) is 4.98 Å². The number of hydrogen-bond acceptors (Lipinski definition) is 5. The first-order valence-electron chi connectivity index (χ1n) is 7.93. The molecule has 3 N–H and O–H groups in total. The fourth-order valence-corrected chi connectivity index (χ4v) is 2.77. The SMILES string of the molecule is Cc1ccc(Cl)cc1Nc1ncnc(Oc2cc(C)c(Cl)c(C)c2)c1N. The fourth-order valence-electron chi connectivity index (χ4n) is 2.49. The van der Waals surface area contributed by atoms with Gasteiger partial charge in [0.1, 0.15) is 17.8 Å². The summed E-state index contributed by atoms with van der Waals surface area (Å²) in [5.41, 5.74) is 10.2. The van der Waals surface area contributed by atoms with E-state index in [1.165, 1.54) is 6.33 Å². The minimum absolute atomic E-state index is 0.267. The topological polar surface area (TPSA) is 73.1 Å². The predicted octanol–water partition coefficient (Wildman–Crippen LogP) is 5.83. The maximum absolute atomic E-state index is 6.20. The average Bonchev–Trinajstić information content (AvgIpc) is 2.59. The van der Waals surface area contributed by atoms with Gasteiger partial charge in [-0.2, -0.15) is 4.98 Å². The van der Waals surface area contributed by atoms with Crippen molar-refractivity contribution in [3.63, 3.8) is 0 Å². The van der Waals surface area contributed by atoms with Crippen LogP contribution in [0.4, 0.5) is 17.2 Å². The van der Waals surface area contributed by atoms with Gasteiger partial charge in [0.25, 0.3) is 0 Å². The Morgan fingerprint density at radius 3 is 2.35 bits per heavy atom. The molecule has 0 aliphatic heterocycles. The Morgan fingerprint density at radius 2 is 1.65 bits per heavy atom. The maximum Gasteiger partial charge on any atom is 0.248 e. The van der Waals surface area contributed by atoms with Gasteiger partial charge in [0, 0.05) is 15.7 Å². The molecule has 0 spiro atoms. The number of aryl methyl sites for hydroxylation is 3. The Morgan fingerprint density at radius 1 is 0.962 bits per heavy atom. The number of aromatic nitrogens is 2. The molecule has 1 aromatic heterocycles. The highest BCUT2D eigenvalue weighted by atomic mass is 35.5. The average molecular weight is 389 g/mol. The van der Waals surface area contributed by atoms with Crippen molar-refractivity contribution in [2.75, 3.05) is 11.1 Å². The van der Waals surface area contributed by atoms with Crippen LogP contribution in [0.25, 0.3) is 0 Å². The zero-order chi connectivity index (χ0) is 18.8. The first kappa shape index (κ1) is 18.3. The molecule has 5 nitrogen and oxygen atoms in total. The zero-order valence-corrected chi connectivity index (χ0v) is 16.1. The normalized spacial score (nSPS) is 10.7. The number of nitrogens with zero attached hydrogens (tertiary/aromatic N) is 2. The molecule has 0 atom stereocenters. The molecule has 0 radical (unpaired) electrons. The summed E-state index contributed by atoms with van der Waals surface area (Å²) in [6.45, 7) is 5.80. The smallest absolute Gasteiger partial charge is 0.248 e. The number of benzene rings is 2. The lowest BCUT2D eigenvalue weighted by Gasteiger charge is -2.14. The predicted molar refractivity (Wildman–Crippen MR) is 107 cm³/mol. The standard InChI is InChI=1S/C19H18Cl2N4O/c1-10-4-5-13(20)8-15(10)25-18-17(22)19(24-9-23-18)26-14-6-11(2)16(21)12(3)7-14/h4-9H,22H2,1-3H3,(H,23,24,25). The maximum atomic E-state index is 6.20. The van der Waals surface area contributed by atoms with Crippen LogP contribution >= 0.6 is 23.2 Å². The van der Waals surface area contributed by atoms with Gasteiger partial charge in [0.15, 0.2) is 5.82 Å². The van der Waals surface area contributed by atoms with E-state index in [4.69, 9.17) is 33.7 Å². The molecule has 0 saturated carbocycles. The number of anilines is 3. The highest BCUT2D eigenvalue weighted by Crippen LogP contribution is 2.34. The van der Waals surface area contributed by atoms with Crippen LogP contribution in [0.3, 0.4) is 0 Å². The van der Waals surface area contributed by atoms with Gasteiger partial charge >= 0.3 is 0 Å². The second kappa shape index (κ2) is 7.40. The van der Waals surface area contributed by atoms with Crippen LogP contribution < -0.4 is 15.8 Å². The van der Waals surface area contributed by atoms with Gasteiger partial charge in [-0.3, -0.25) is 0 Å². The van der Waals surface area contributed by atoms with Crippen LogP contribution in [-0.4, -0.2) is 9.97 Å². The lowest BCUT2D eigenvalue weighted by molar-refractivity contribution is 0.464. The minimum Gasteiger partial charge on any atom is -0.437 e. The lowest BCUT2D eigenvalue weighted by Crippen LogP contribution is -2.04. The molecule has 0 aliphatic carbocycles. The molecule has 0 unspecified atom stereocenters. The van der Waals surface area contributed by atoms with Crippen molar-refractivity contribution in [1.29, 1.82) is 0 Å². The van der Waals surface area contributed by atoms with Crippen LogP contribution in [0.1, 0.15) is 16.7 Å². The van der Waals surface area contributed by atoms with Gasteiger partial charge < -0.3 is 15.8 Å². The second-order valence-electron chi connectivity index (χ2n) is 6.00.